The third kappa shape index (κ3) is 3.71. The zero-order valence-electron chi connectivity index (χ0n) is 13.0. The monoisotopic (exact) mass is 301 g/mol. The number of aromatic amines is 1. The lowest BCUT2D eigenvalue weighted by molar-refractivity contribution is 0.0382. The number of ether oxygens (including phenoxy) is 1. The minimum absolute atomic E-state index is 0.283. The minimum Gasteiger partial charge on any atom is -0.379 e. The lowest BCUT2D eigenvalue weighted by atomic mass is 10.1. The summed E-state index contributed by atoms with van der Waals surface area (Å²) in [4.78, 5) is 6.92. The highest BCUT2D eigenvalue weighted by Gasteiger charge is 2.15. The van der Waals surface area contributed by atoms with E-state index >= 15 is 0 Å². The quantitative estimate of drug-likeness (QED) is 0.862. The predicted octanol–water partition coefficient (Wildman–Crippen LogP) is 1.04. The second-order valence-electron chi connectivity index (χ2n) is 5.73. The van der Waals surface area contributed by atoms with Gasteiger partial charge in [-0.2, -0.15) is 5.10 Å². The Hall–Kier alpha value is -1.76. The summed E-state index contributed by atoms with van der Waals surface area (Å²) in [5.41, 5.74) is 8.50. The Morgan fingerprint density at radius 1 is 1.27 bits per heavy atom. The molecular weight excluding hydrogens is 278 g/mol. The highest BCUT2D eigenvalue weighted by Crippen LogP contribution is 2.16. The first-order chi connectivity index (χ1) is 10.7. The van der Waals surface area contributed by atoms with Crippen LogP contribution < -0.4 is 5.73 Å². The molecule has 6 heteroatoms. The van der Waals surface area contributed by atoms with Gasteiger partial charge in [-0.05, 0) is 12.5 Å². The molecule has 0 aliphatic carbocycles. The molecule has 0 saturated carbocycles. The normalized spacial score (nSPS) is 17.5. The molecule has 0 radical (unpaired) electrons. The van der Waals surface area contributed by atoms with E-state index in [-0.39, 0.29) is 6.04 Å². The van der Waals surface area contributed by atoms with Crippen molar-refractivity contribution in [2.75, 3.05) is 32.8 Å². The third-order valence-electron chi connectivity index (χ3n) is 4.03. The van der Waals surface area contributed by atoms with Crippen LogP contribution in [0.5, 0.6) is 0 Å². The van der Waals surface area contributed by atoms with Crippen molar-refractivity contribution in [2.45, 2.75) is 19.4 Å². The van der Waals surface area contributed by atoms with E-state index in [9.17, 15) is 0 Å². The maximum atomic E-state index is 6.25. The van der Waals surface area contributed by atoms with Crippen LogP contribution >= 0.6 is 0 Å². The smallest absolute Gasteiger partial charge is 0.171 e. The summed E-state index contributed by atoms with van der Waals surface area (Å²) >= 11 is 0. The molecule has 0 bridgehead atoms. The van der Waals surface area contributed by atoms with Crippen molar-refractivity contribution in [3.8, 4) is 0 Å². The van der Waals surface area contributed by atoms with Crippen molar-refractivity contribution in [3.63, 3.8) is 0 Å². The second kappa shape index (κ2) is 7.00. The number of hydrogen-bond acceptors (Lipinski definition) is 5. The van der Waals surface area contributed by atoms with Gasteiger partial charge in [-0.3, -0.25) is 10.00 Å². The highest BCUT2D eigenvalue weighted by molar-refractivity contribution is 5.27. The largest absolute Gasteiger partial charge is 0.379 e. The molecule has 1 atom stereocenters. The molecule has 1 aliphatic heterocycles. The molecule has 2 aromatic rings. The molecular formula is C16H23N5O. The Bertz CT molecular complexity index is 589. The summed E-state index contributed by atoms with van der Waals surface area (Å²) in [5.74, 6) is 1.55. The number of aryl methyl sites for hydroxylation is 1. The number of nitrogens with one attached hydrogen (secondary N) is 1. The second-order valence-corrected chi connectivity index (χ2v) is 5.73. The number of nitrogens with zero attached hydrogens (tertiary/aromatic N) is 3. The fourth-order valence-electron chi connectivity index (χ4n) is 2.57. The Balaban J connectivity index is 1.59. The SMILES string of the molecule is Cc1ccc([C@@H](N)c2n[nH]c(CCN3CCOCC3)n2)cc1. The van der Waals surface area contributed by atoms with Crippen molar-refractivity contribution in [1.29, 1.82) is 0 Å². The van der Waals surface area contributed by atoms with Crippen molar-refractivity contribution in [1.82, 2.24) is 20.1 Å². The fourth-order valence-corrected chi connectivity index (χ4v) is 2.57. The van der Waals surface area contributed by atoms with E-state index in [4.69, 9.17) is 10.5 Å². The molecule has 3 N–H and O–H groups in total. The van der Waals surface area contributed by atoms with E-state index in [0.717, 1.165) is 50.7 Å². The van der Waals surface area contributed by atoms with Gasteiger partial charge < -0.3 is 10.5 Å². The Labute approximate surface area is 130 Å². The molecule has 1 fully saturated rings. The lowest BCUT2D eigenvalue weighted by Gasteiger charge is -2.25. The summed E-state index contributed by atoms with van der Waals surface area (Å²) in [6.07, 6.45) is 0.855. The molecule has 1 aromatic heterocycles. The number of aromatic nitrogens is 3. The number of H-pyrrole nitrogens is 1. The predicted molar refractivity (Wildman–Crippen MR) is 84.6 cm³/mol. The Morgan fingerprint density at radius 2 is 2.00 bits per heavy atom. The zero-order chi connectivity index (χ0) is 15.4. The van der Waals surface area contributed by atoms with Gasteiger partial charge in [-0.25, -0.2) is 4.98 Å². The van der Waals surface area contributed by atoms with Gasteiger partial charge in [-0.15, -0.1) is 0 Å². The number of benzene rings is 1. The van der Waals surface area contributed by atoms with Crippen molar-refractivity contribution >= 4 is 0 Å². The molecule has 22 heavy (non-hydrogen) atoms. The molecule has 2 heterocycles. The summed E-state index contributed by atoms with van der Waals surface area (Å²) < 4.78 is 5.35. The molecule has 1 saturated heterocycles. The van der Waals surface area contributed by atoms with Crippen LogP contribution in [0.2, 0.25) is 0 Å². The van der Waals surface area contributed by atoms with E-state index in [1.165, 1.54) is 5.56 Å². The van der Waals surface area contributed by atoms with Crippen molar-refractivity contribution in [2.24, 2.45) is 5.73 Å². The van der Waals surface area contributed by atoms with Gasteiger partial charge in [0, 0.05) is 26.1 Å². The standard InChI is InChI=1S/C16H23N5O/c1-12-2-4-13(5-3-12)15(17)16-18-14(19-20-16)6-7-21-8-10-22-11-9-21/h2-5,15H,6-11,17H2,1H3,(H,18,19,20)/t15-/m1/s1. The van der Waals surface area contributed by atoms with Gasteiger partial charge in [0.1, 0.15) is 5.82 Å². The molecule has 6 nitrogen and oxygen atoms in total. The van der Waals surface area contributed by atoms with Crippen LogP contribution in [-0.4, -0.2) is 52.9 Å². The van der Waals surface area contributed by atoms with Gasteiger partial charge in [-0.1, -0.05) is 29.8 Å². The molecule has 3 rings (SSSR count). The van der Waals surface area contributed by atoms with E-state index in [0.29, 0.717) is 5.82 Å². The minimum atomic E-state index is -0.283. The molecule has 0 amide bonds. The molecule has 1 aliphatic rings. The van der Waals surface area contributed by atoms with Crippen LogP contribution in [0.3, 0.4) is 0 Å². The van der Waals surface area contributed by atoms with E-state index < -0.39 is 0 Å². The molecule has 1 aromatic carbocycles. The Kier molecular flexibility index (Phi) is 4.82. The van der Waals surface area contributed by atoms with Gasteiger partial charge in [0.05, 0.1) is 19.3 Å². The van der Waals surface area contributed by atoms with Gasteiger partial charge in [0.25, 0.3) is 0 Å². The van der Waals surface area contributed by atoms with Crippen molar-refractivity contribution in [3.05, 3.63) is 47.0 Å². The maximum Gasteiger partial charge on any atom is 0.171 e. The third-order valence-corrected chi connectivity index (χ3v) is 4.03. The van der Waals surface area contributed by atoms with Crippen LogP contribution in [0, 0.1) is 6.92 Å². The van der Waals surface area contributed by atoms with E-state index in [2.05, 4.69) is 39.1 Å². The maximum absolute atomic E-state index is 6.25. The summed E-state index contributed by atoms with van der Waals surface area (Å²) in [7, 11) is 0. The Morgan fingerprint density at radius 3 is 2.73 bits per heavy atom. The lowest BCUT2D eigenvalue weighted by Crippen LogP contribution is -2.37. The number of hydrogen-bond donors (Lipinski definition) is 2. The fraction of sp³-hybridized carbons (Fsp3) is 0.500. The van der Waals surface area contributed by atoms with Gasteiger partial charge in [0.15, 0.2) is 5.82 Å². The first kappa shape index (κ1) is 15.1. The van der Waals surface area contributed by atoms with Crippen LogP contribution in [0.15, 0.2) is 24.3 Å². The number of morpholine rings is 1. The van der Waals surface area contributed by atoms with Crippen LogP contribution in [0.4, 0.5) is 0 Å². The average molecular weight is 301 g/mol. The number of nitrogens with two attached hydrogens (primary N) is 1. The van der Waals surface area contributed by atoms with E-state index in [1.807, 2.05) is 12.1 Å². The number of rotatable bonds is 5. The van der Waals surface area contributed by atoms with Gasteiger partial charge >= 0.3 is 0 Å². The molecule has 0 unspecified atom stereocenters. The summed E-state index contributed by atoms with van der Waals surface area (Å²) in [6, 6.07) is 7.89. The van der Waals surface area contributed by atoms with Gasteiger partial charge in [0.2, 0.25) is 0 Å². The van der Waals surface area contributed by atoms with Crippen LogP contribution in [-0.2, 0) is 11.2 Å². The zero-order valence-corrected chi connectivity index (χ0v) is 13.0. The first-order valence-electron chi connectivity index (χ1n) is 7.76. The van der Waals surface area contributed by atoms with Crippen molar-refractivity contribution < 1.29 is 4.74 Å². The summed E-state index contributed by atoms with van der Waals surface area (Å²) in [6.45, 7) is 6.65. The van der Waals surface area contributed by atoms with Crippen LogP contribution in [0.1, 0.15) is 28.8 Å². The average Bonchev–Trinajstić information content (AvgIpc) is 3.03. The van der Waals surface area contributed by atoms with Crippen LogP contribution in [0.25, 0.3) is 0 Å². The topological polar surface area (TPSA) is 80.1 Å². The molecule has 118 valence electrons. The molecule has 0 spiro atoms. The highest BCUT2D eigenvalue weighted by atomic mass is 16.5. The first-order valence-corrected chi connectivity index (χ1v) is 7.76. The van der Waals surface area contributed by atoms with E-state index in [1.54, 1.807) is 0 Å². The summed E-state index contributed by atoms with van der Waals surface area (Å²) in [5, 5.41) is 7.28.